The maximum Gasteiger partial charge on any atom is 0.419 e. The van der Waals surface area contributed by atoms with Gasteiger partial charge in [-0.15, -0.1) is 0 Å². The van der Waals surface area contributed by atoms with Gasteiger partial charge in [-0.05, 0) is 12.8 Å². The van der Waals surface area contributed by atoms with E-state index in [0.29, 0.717) is 38.2 Å². The Hall–Kier alpha value is -1.90. The Morgan fingerprint density at radius 3 is 2.35 bits per heavy atom. The minimum atomic E-state index is -4.42. The summed E-state index contributed by atoms with van der Waals surface area (Å²) in [6.07, 6.45) is -1.08. The van der Waals surface area contributed by atoms with Crippen molar-refractivity contribution in [2.45, 2.75) is 25.1 Å². The molecule has 23 heavy (non-hydrogen) atoms. The van der Waals surface area contributed by atoms with Gasteiger partial charge in [0, 0.05) is 44.6 Å². The van der Waals surface area contributed by atoms with Crippen molar-refractivity contribution in [3.8, 4) is 0 Å². The number of aromatic nitrogens is 2. The summed E-state index contributed by atoms with van der Waals surface area (Å²) >= 11 is 0. The lowest BCUT2D eigenvalue weighted by atomic mass is 10.0. The number of nitrogens with zero attached hydrogens (tertiary/aromatic N) is 4. The summed E-state index contributed by atoms with van der Waals surface area (Å²) in [5.41, 5.74) is -0.838. The summed E-state index contributed by atoms with van der Waals surface area (Å²) in [4.78, 5) is 23.2. The summed E-state index contributed by atoms with van der Waals surface area (Å²) < 4.78 is 37.6. The van der Waals surface area contributed by atoms with Gasteiger partial charge in [-0.2, -0.15) is 13.2 Å². The zero-order chi connectivity index (χ0) is 16.4. The van der Waals surface area contributed by atoms with Gasteiger partial charge in [0.1, 0.15) is 0 Å². The van der Waals surface area contributed by atoms with Crippen molar-refractivity contribution in [2.24, 2.45) is 0 Å². The van der Waals surface area contributed by atoms with Crippen LogP contribution in [0.3, 0.4) is 0 Å². The molecule has 3 heterocycles. The molecule has 1 aromatic heterocycles. The maximum atomic E-state index is 12.5. The molecule has 0 saturated carbocycles. The fourth-order valence-corrected chi connectivity index (χ4v) is 3.03. The molecule has 3 rings (SSSR count). The molecule has 0 aliphatic carbocycles. The fourth-order valence-electron chi connectivity index (χ4n) is 3.03. The van der Waals surface area contributed by atoms with E-state index >= 15 is 0 Å². The Kier molecular flexibility index (Phi) is 4.38. The molecule has 126 valence electrons. The lowest BCUT2D eigenvalue weighted by molar-refractivity contribution is -0.138. The first-order valence-electron chi connectivity index (χ1n) is 7.58. The van der Waals surface area contributed by atoms with E-state index in [1.54, 1.807) is 0 Å². The zero-order valence-electron chi connectivity index (χ0n) is 12.5. The Labute approximate surface area is 131 Å². The SMILES string of the molecule is O=C1CN(C2CCN(c3ncc(C(F)(F)F)cn3)CC2)CCN1. The molecule has 0 radical (unpaired) electrons. The van der Waals surface area contributed by atoms with Crippen molar-refractivity contribution in [2.75, 3.05) is 37.6 Å². The smallest absolute Gasteiger partial charge is 0.354 e. The maximum absolute atomic E-state index is 12.5. The van der Waals surface area contributed by atoms with Crippen molar-refractivity contribution < 1.29 is 18.0 Å². The molecule has 0 spiro atoms. The standard InChI is InChI=1S/C14H18F3N5O/c15-14(16,17)10-7-19-13(20-8-10)21-4-1-11(2-5-21)22-6-3-18-12(23)9-22/h7-8,11H,1-6,9H2,(H,18,23). The number of nitrogens with one attached hydrogen (secondary N) is 1. The number of carbonyl (C=O) groups is 1. The van der Waals surface area contributed by atoms with Gasteiger partial charge in [-0.3, -0.25) is 9.69 Å². The molecule has 2 saturated heterocycles. The lowest BCUT2D eigenvalue weighted by Gasteiger charge is -2.39. The second-order valence-electron chi connectivity index (χ2n) is 5.81. The van der Waals surface area contributed by atoms with E-state index in [4.69, 9.17) is 0 Å². The number of alkyl halides is 3. The van der Waals surface area contributed by atoms with Crippen LogP contribution < -0.4 is 10.2 Å². The van der Waals surface area contributed by atoms with Crippen molar-refractivity contribution in [3.63, 3.8) is 0 Å². The normalized spacial score (nSPS) is 21.3. The average molecular weight is 329 g/mol. The fraction of sp³-hybridized carbons (Fsp3) is 0.643. The molecule has 0 bridgehead atoms. The third-order valence-electron chi connectivity index (χ3n) is 4.30. The molecule has 2 aliphatic heterocycles. The highest BCUT2D eigenvalue weighted by atomic mass is 19.4. The minimum Gasteiger partial charge on any atom is -0.354 e. The van der Waals surface area contributed by atoms with E-state index in [2.05, 4.69) is 20.2 Å². The van der Waals surface area contributed by atoms with Gasteiger partial charge in [0.15, 0.2) is 0 Å². The number of hydrogen-bond acceptors (Lipinski definition) is 5. The molecule has 6 nitrogen and oxygen atoms in total. The number of rotatable bonds is 2. The van der Waals surface area contributed by atoms with Gasteiger partial charge in [-0.25, -0.2) is 9.97 Å². The lowest BCUT2D eigenvalue weighted by Crippen LogP contribution is -2.54. The highest BCUT2D eigenvalue weighted by Crippen LogP contribution is 2.29. The molecule has 2 fully saturated rings. The van der Waals surface area contributed by atoms with Crippen LogP contribution in [0, 0.1) is 0 Å². The first-order chi connectivity index (χ1) is 10.9. The third kappa shape index (κ3) is 3.72. The molecule has 1 N–H and O–H groups in total. The van der Waals surface area contributed by atoms with Crippen LogP contribution in [0.4, 0.5) is 19.1 Å². The Morgan fingerprint density at radius 2 is 1.78 bits per heavy atom. The van der Waals surface area contributed by atoms with E-state index in [1.165, 1.54) is 0 Å². The molecule has 0 atom stereocenters. The summed E-state index contributed by atoms with van der Waals surface area (Å²) in [5.74, 6) is 0.373. The molecule has 2 aliphatic rings. The van der Waals surface area contributed by atoms with Crippen molar-refractivity contribution in [1.82, 2.24) is 20.2 Å². The van der Waals surface area contributed by atoms with E-state index < -0.39 is 11.7 Å². The van der Waals surface area contributed by atoms with Crippen LogP contribution in [-0.2, 0) is 11.0 Å². The predicted molar refractivity (Wildman–Crippen MR) is 76.9 cm³/mol. The number of halogens is 3. The summed E-state index contributed by atoms with van der Waals surface area (Å²) in [6.45, 7) is 3.28. The van der Waals surface area contributed by atoms with Crippen molar-refractivity contribution in [1.29, 1.82) is 0 Å². The summed E-state index contributed by atoms with van der Waals surface area (Å²) in [5, 5.41) is 2.80. The van der Waals surface area contributed by atoms with Crippen LogP contribution in [0.25, 0.3) is 0 Å². The Bertz CT molecular complexity index is 555. The number of amides is 1. The minimum absolute atomic E-state index is 0.0461. The van der Waals surface area contributed by atoms with Gasteiger partial charge in [0.2, 0.25) is 11.9 Å². The monoisotopic (exact) mass is 329 g/mol. The molecule has 1 aromatic rings. The Morgan fingerprint density at radius 1 is 1.13 bits per heavy atom. The van der Waals surface area contributed by atoms with Gasteiger partial charge in [0.25, 0.3) is 0 Å². The van der Waals surface area contributed by atoms with Gasteiger partial charge < -0.3 is 10.2 Å². The number of piperazine rings is 1. The third-order valence-corrected chi connectivity index (χ3v) is 4.30. The second-order valence-corrected chi connectivity index (χ2v) is 5.81. The number of anilines is 1. The highest BCUT2D eigenvalue weighted by Gasteiger charge is 2.32. The Balaban J connectivity index is 1.57. The van der Waals surface area contributed by atoms with E-state index in [-0.39, 0.29) is 5.91 Å². The topological polar surface area (TPSA) is 61.4 Å². The van der Waals surface area contributed by atoms with Crippen molar-refractivity contribution in [3.05, 3.63) is 18.0 Å². The molecule has 0 aromatic carbocycles. The first kappa shape index (κ1) is 16.0. The van der Waals surface area contributed by atoms with Crippen LogP contribution in [0.1, 0.15) is 18.4 Å². The molecule has 1 amide bonds. The number of carbonyl (C=O) groups excluding carboxylic acids is 1. The van der Waals surface area contributed by atoms with E-state index in [0.717, 1.165) is 31.8 Å². The van der Waals surface area contributed by atoms with Crippen LogP contribution in [0.2, 0.25) is 0 Å². The van der Waals surface area contributed by atoms with Crippen LogP contribution in [0.15, 0.2) is 12.4 Å². The molecule has 9 heteroatoms. The summed E-state index contributed by atoms with van der Waals surface area (Å²) in [7, 11) is 0. The van der Waals surface area contributed by atoms with E-state index in [1.807, 2.05) is 4.90 Å². The van der Waals surface area contributed by atoms with Crippen LogP contribution >= 0.6 is 0 Å². The number of hydrogen-bond donors (Lipinski definition) is 1. The second kappa shape index (κ2) is 6.31. The van der Waals surface area contributed by atoms with Crippen molar-refractivity contribution >= 4 is 11.9 Å². The van der Waals surface area contributed by atoms with Gasteiger partial charge >= 0.3 is 6.18 Å². The average Bonchev–Trinajstić information content (AvgIpc) is 2.54. The van der Waals surface area contributed by atoms with Crippen LogP contribution in [0.5, 0.6) is 0 Å². The predicted octanol–water partition coefficient (Wildman–Crippen LogP) is 0.896. The van der Waals surface area contributed by atoms with Crippen LogP contribution in [-0.4, -0.2) is 59.5 Å². The summed E-state index contributed by atoms with van der Waals surface area (Å²) in [6, 6.07) is 0.326. The molecular weight excluding hydrogens is 311 g/mol. The van der Waals surface area contributed by atoms with E-state index in [9.17, 15) is 18.0 Å². The van der Waals surface area contributed by atoms with Gasteiger partial charge in [-0.1, -0.05) is 0 Å². The quantitative estimate of drug-likeness (QED) is 0.873. The largest absolute Gasteiger partial charge is 0.419 e. The zero-order valence-corrected chi connectivity index (χ0v) is 12.5. The highest BCUT2D eigenvalue weighted by molar-refractivity contribution is 5.78. The molecule has 0 unspecified atom stereocenters. The van der Waals surface area contributed by atoms with Gasteiger partial charge in [0.05, 0.1) is 12.1 Å². The number of piperidine rings is 1. The molecular formula is C14H18F3N5O. The first-order valence-corrected chi connectivity index (χ1v) is 7.58.